The first-order valence-electron chi connectivity index (χ1n) is 4.14. The van der Waals surface area contributed by atoms with Gasteiger partial charge in [-0.3, -0.25) is 4.57 Å². The Morgan fingerprint density at radius 2 is 1.60 bits per heavy atom. The van der Waals surface area contributed by atoms with Crippen molar-refractivity contribution in [1.82, 2.24) is 0 Å². The van der Waals surface area contributed by atoms with Crippen molar-refractivity contribution >= 4 is 7.60 Å². The molecule has 0 aromatic carbocycles. The van der Waals surface area contributed by atoms with Crippen molar-refractivity contribution in [3.8, 4) is 0 Å². The zero-order valence-corrected chi connectivity index (χ0v) is 8.44. The maximum atomic E-state index is 10.8. The summed E-state index contributed by atoms with van der Waals surface area (Å²) in [6.07, 6.45) is -6.59. The summed E-state index contributed by atoms with van der Waals surface area (Å²) in [7, 11) is -4.77. The minimum Gasteiger partial charge on any atom is -0.394 e. The van der Waals surface area contributed by atoms with E-state index in [0.717, 1.165) is 0 Å². The number of hydrogen-bond donors (Lipinski definition) is 6. The summed E-state index contributed by atoms with van der Waals surface area (Å²) in [5.41, 5.74) is 0. The first-order valence-corrected chi connectivity index (χ1v) is 5.83. The van der Waals surface area contributed by atoms with E-state index in [-0.39, 0.29) is 0 Å². The molecular weight excluding hydrogens is 231 g/mol. The Morgan fingerprint density at radius 3 is 2.00 bits per heavy atom. The molecule has 5 atom stereocenters. The van der Waals surface area contributed by atoms with Gasteiger partial charge in [0.15, 0.2) is 5.85 Å². The van der Waals surface area contributed by atoms with Gasteiger partial charge in [-0.2, -0.15) is 0 Å². The van der Waals surface area contributed by atoms with E-state index in [1.54, 1.807) is 0 Å². The third-order valence-corrected chi connectivity index (χ3v) is 3.29. The lowest BCUT2D eigenvalue weighted by Gasteiger charge is -2.39. The fourth-order valence-electron chi connectivity index (χ4n) is 1.36. The molecule has 0 spiro atoms. The molecule has 15 heavy (non-hydrogen) atoms. The van der Waals surface area contributed by atoms with Gasteiger partial charge in [-0.1, -0.05) is 0 Å². The fourth-order valence-corrected chi connectivity index (χ4v) is 2.25. The lowest BCUT2D eigenvalue weighted by atomic mass is 10.0. The van der Waals surface area contributed by atoms with E-state index in [1.165, 1.54) is 0 Å². The molecule has 1 saturated heterocycles. The summed E-state index contributed by atoms with van der Waals surface area (Å²) in [5, 5.41) is 36.5. The van der Waals surface area contributed by atoms with Crippen molar-refractivity contribution in [3.05, 3.63) is 0 Å². The molecule has 0 unspecified atom stereocenters. The van der Waals surface area contributed by atoms with E-state index in [2.05, 4.69) is 4.74 Å². The van der Waals surface area contributed by atoms with E-state index in [1.807, 2.05) is 0 Å². The van der Waals surface area contributed by atoms with Crippen LogP contribution in [0.2, 0.25) is 0 Å². The second-order valence-corrected chi connectivity index (χ2v) is 5.00. The van der Waals surface area contributed by atoms with Gasteiger partial charge in [0.1, 0.15) is 24.4 Å². The second-order valence-electron chi connectivity index (χ2n) is 3.31. The Hall–Kier alpha value is -0.0500. The van der Waals surface area contributed by atoms with Crippen molar-refractivity contribution < 1.29 is 39.5 Å². The predicted molar refractivity (Wildman–Crippen MR) is 45.8 cm³/mol. The van der Waals surface area contributed by atoms with Crippen LogP contribution >= 0.6 is 7.60 Å². The molecule has 1 aliphatic heterocycles. The molecule has 0 amide bonds. The van der Waals surface area contributed by atoms with Crippen LogP contribution in [0.25, 0.3) is 0 Å². The number of ether oxygens (including phenoxy) is 1. The molecule has 9 heteroatoms. The maximum absolute atomic E-state index is 10.8. The highest BCUT2D eigenvalue weighted by molar-refractivity contribution is 7.52. The number of aliphatic hydroxyl groups is 4. The zero-order chi connectivity index (χ0) is 11.8. The Balaban J connectivity index is 2.88. The summed E-state index contributed by atoms with van der Waals surface area (Å²) < 4.78 is 15.5. The van der Waals surface area contributed by atoms with Gasteiger partial charge in [0.25, 0.3) is 0 Å². The molecule has 0 bridgehead atoms. The highest BCUT2D eigenvalue weighted by atomic mass is 31.2. The molecular formula is C6H13O8P. The molecule has 1 rings (SSSR count). The molecule has 1 fully saturated rings. The van der Waals surface area contributed by atoms with Gasteiger partial charge < -0.3 is 34.9 Å². The summed E-state index contributed by atoms with van der Waals surface area (Å²) in [5.74, 6) is -1.94. The molecule has 1 heterocycles. The molecule has 0 saturated carbocycles. The topological polar surface area (TPSA) is 148 Å². The van der Waals surface area contributed by atoms with Crippen molar-refractivity contribution in [1.29, 1.82) is 0 Å². The van der Waals surface area contributed by atoms with E-state index in [0.29, 0.717) is 0 Å². The molecule has 1 aliphatic rings. The Morgan fingerprint density at radius 1 is 1.07 bits per heavy atom. The molecule has 0 aliphatic carbocycles. The third kappa shape index (κ3) is 2.55. The van der Waals surface area contributed by atoms with Gasteiger partial charge in [0.05, 0.1) is 6.61 Å². The van der Waals surface area contributed by atoms with Crippen LogP contribution in [0.1, 0.15) is 0 Å². The lowest BCUT2D eigenvalue weighted by Crippen LogP contribution is -2.58. The zero-order valence-electron chi connectivity index (χ0n) is 7.54. The minimum atomic E-state index is -4.77. The fraction of sp³-hybridized carbons (Fsp3) is 1.00. The van der Waals surface area contributed by atoms with Crippen LogP contribution < -0.4 is 0 Å². The standard InChI is InChI=1S/C6H13O8P/c7-1-2-3(8)4(9)5(10)6(14-2)15(11,12)13/h2-10H,1H2,(H2,11,12,13)/t2-,3-,4-,5-,6+/m0/s1. The Kier molecular flexibility index (Phi) is 3.85. The van der Waals surface area contributed by atoms with Gasteiger partial charge in [0.2, 0.25) is 0 Å². The molecule has 8 nitrogen and oxygen atoms in total. The van der Waals surface area contributed by atoms with E-state index in [4.69, 9.17) is 14.9 Å². The van der Waals surface area contributed by atoms with Crippen molar-refractivity contribution in [2.45, 2.75) is 30.3 Å². The van der Waals surface area contributed by atoms with Crippen molar-refractivity contribution in [2.75, 3.05) is 6.61 Å². The van der Waals surface area contributed by atoms with Crippen molar-refractivity contribution in [3.63, 3.8) is 0 Å². The van der Waals surface area contributed by atoms with E-state index < -0.39 is 44.5 Å². The SMILES string of the molecule is O=P(O)(O)[C@H]1O[C@@H](CO)[C@H](O)[C@H](O)[C@@H]1O. The van der Waals surface area contributed by atoms with Crippen LogP contribution in [-0.4, -0.2) is 67.1 Å². The number of aliphatic hydroxyl groups excluding tert-OH is 4. The summed E-state index contributed by atoms with van der Waals surface area (Å²) in [6, 6.07) is 0. The van der Waals surface area contributed by atoms with Crippen molar-refractivity contribution in [2.24, 2.45) is 0 Å². The smallest absolute Gasteiger partial charge is 0.356 e. The highest BCUT2D eigenvalue weighted by Crippen LogP contribution is 2.46. The number of hydrogen-bond acceptors (Lipinski definition) is 6. The highest BCUT2D eigenvalue weighted by Gasteiger charge is 2.50. The molecule has 0 aromatic heterocycles. The second kappa shape index (κ2) is 4.44. The van der Waals surface area contributed by atoms with Crippen LogP contribution in [0.4, 0.5) is 0 Å². The monoisotopic (exact) mass is 244 g/mol. The summed E-state index contributed by atoms with van der Waals surface area (Å²) in [4.78, 5) is 17.6. The minimum absolute atomic E-state index is 0.721. The maximum Gasteiger partial charge on any atom is 0.356 e. The third-order valence-electron chi connectivity index (χ3n) is 2.20. The first kappa shape index (κ1) is 13.0. The normalized spacial score (nSPS) is 42.9. The van der Waals surface area contributed by atoms with Gasteiger partial charge in [0, 0.05) is 0 Å². The van der Waals surface area contributed by atoms with Crippen LogP contribution in [0.15, 0.2) is 0 Å². The largest absolute Gasteiger partial charge is 0.394 e. The molecule has 6 N–H and O–H groups in total. The van der Waals surface area contributed by atoms with Crippen LogP contribution in [0, 0.1) is 0 Å². The molecule has 90 valence electrons. The number of rotatable bonds is 2. The lowest BCUT2D eigenvalue weighted by molar-refractivity contribution is -0.211. The van der Waals surface area contributed by atoms with Gasteiger partial charge in [-0.05, 0) is 0 Å². The molecule has 0 aromatic rings. The average Bonchev–Trinajstić information content (AvgIpc) is 2.13. The van der Waals surface area contributed by atoms with E-state index >= 15 is 0 Å². The van der Waals surface area contributed by atoms with E-state index in [9.17, 15) is 19.9 Å². The summed E-state index contributed by atoms with van der Waals surface area (Å²) in [6.45, 7) is -0.721. The van der Waals surface area contributed by atoms with Gasteiger partial charge >= 0.3 is 7.60 Å². The Labute approximate surface area is 84.9 Å². The first-order chi connectivity index (χ1) is 6.79. The quantitative estimate of drug-likeness (QED) is 0.281. The van der Waals surface area contributed by atoms with Crippen LogP contribution in [-0.2, 0) is 9.30 Å². The van der Waals surface area contributed by atoms with Crippen LogP contribution in [0.5, 0.6) is 0 Å². The summed E-state index contributed by atoms with van der Waals surface area (Å²) >= 11 is 0. The van der Waals surface area contributed by atoms with Gasteiger partial charge in [-0.25, -0.2) is 0 Å². The Bertz CT molecular complexity index is 262. The predicted octanol–water partition coefficient (Wildman–Crippen LogP) is -3.04. The average molecular weight is 244 g/mol. The van der Waals surface area contributed by atoms with Gasteiger partial charge in [-0.15, -0.1) is 0 Å². The molecule has 0 radical (unpaired) electrons. The van der Waals surface area contributed by atoms with Crippen LogP contribution in [0.3, 0.4) is 0 Å².